The van der Waals surface area contributed by atoms with Crippen molar-refractivity contribution >= 4 is 11.7 Å². The van der Waals surface area contributed by atoms with Gasteiger partial charge in [0.1, 0.15) is 5.78 Å². The number of hydrogen-bond donors (Lipinski definition) is 0. The van der Waals surface area contributed by atoms with Gasteiger partial charge in [-0.25, -0.2) is 0 Å². The summed E-state index contributed by atoms with van der Waals surface area (Å²) in [6.07, 6.45) is 2.16. The van der Waals surface area contributed by atoms with Gasteiger partial charge in [-0.3, -0.25) is 9.59 Å². The number of Topliss-reactive ketones (excluding diaryl/α,β-unsaturated/α-hetero) is 1. The molecule has 0 bridgehead atoms. The molecule has 3 nitrogen and oxygen atoms in total. The molecule has 0 unspecified atom stereocenters. The molecule has 0 heterocycles. The molecule has 0 radical (unpaired) electrons. The molecule has 1 aliphatic carbocycles. The molecule has 0 saturated heterocycles. The molecule has 0 aromatic heterocycles. The van der Waals surface area contributed by atoms with Crippen LogP contribution in [0.4, 0.5) is 0 Å². The van der Waals surface area contributed by atoms with Gasteiger partial charge in [0.05, 0.1) is 6.42 Å². The van der Waals surface area contributed by atoms with Gasteiger partial charge in [0.15, 0.2) is 0 Å². The van der Waals surface area contributed by atoms with Crippen molar-refractivity contribution in [3.8, 4) is 0 Å². The normalized spacial score (nSPS) is 14.3. The largest absolute Gasteiger partial charge is 0.335 e. The number of carbonyl (C=O) groups is 2. The molecule has 0 atom stereocenters. The fraction of sp³-hybridized carbons (Fsp3) is 0.467. The van der Waals surface area contributed by atoms with Crippen molar-refractivity contribution in [1.29, 1.82) is 0 Å². The van der Waals surface area contributed by atoms with Gasteiger partial charge in [-0.2, -0.15) is 0 Å². The van der Waals surface area contributed by atoms with Gasteiger partial charge in [-0.15, -0.1) is 0 Å². The lowest BCUT2D eigenvalue weighted by Gasteiger charge is -2.22. The molecule has 1 saturated carbocycles. The quantitative estimate of drug-likeness (QED) is 0.747. The smallest absolute Gasteiger partial charge is 0.230 e. The van der Waals surface area contributed by atoms with Crippen LogP contribution in [0.25, 0.3) is 0 Å². The van der Waals surface area contributed by atoms with Crippen LogP contribution in [0.1, 0.15) is 37.3 Å². The Hall–Kier alpha value is -1.64. The Kier molecular flexibility index (Phi) is 3.80. The van der Waals surface area contributed by atoms with E-state index in [0.717, 1.165) is 18.4 Å². The Morgan fingerprint density at radius 1 is 1.22 bits per heavy atom. The minimum atomic E-state index is -0.0606. The van der Waals surface area contributed by atoms with Gasteiger partial charge in [-0.05, 0) is 32.3 Å². The third-order valence-electron chi connectivity index (χ3n) is 3.18. The van der Waals surface area contributed by atoms with E-state index in [1.54, 1.807) is 0 Å². The Bertz CT molecular complexity index is 446. The minimum Gasteiger partial charge on any atom is -0.335 e. The first-order valence-corrected chi connectivity index (χ1v) is 6.40. The number of nitrogens with zero attached hydrogens (tertiary/aromatic N) is 1. The van der Waals surface area contributed by atoms with Gasteiger partial charge in [0.25, 0.3) is 0 Å². The van der Waals surface area contributed by atoms with Gasteiger partial charge in [0.2, 0.25) is 5.91 Å². The van der Waals surface area contributed by atoms with E-state index in [2.05, 4.69) is 12.1 Å². The summed E-state index contributed by atoms with van der Waals surface area (Å²) in [4.78, 5) is 24.9. The fourth-order valence-electron chi connectivity index (χ4n) is 2.01. The van der Waals surface area contributed by atoms with Crippen LogP contribution in [0.15, 0.2) is 24.3 Å². The summed E-state index contributed by atoms with van der Waals surface area (Å²) in [5, 5.41) is 0. The van der Waals surface area contributed by atoms with Gasteiger partial charge in [-0.1, -0.05) is 29.8 Å². The number of benzene rings is 1. The van der Waals surface area contributed by atoms with E-state index < -0.39 is 0 Å². The van der Waals surface area contributed by atoms with Crippen LogP contribution in [0.3, 0.4) is 0 Å². The van der Waals surface area contributed by atoms with Gasteiger partial charge < -0.3 is 4.90 Å². The Morgan fingerprint density at radius 2 is 1.83 bits per heavy atom. The molecule has 18 heavy (non-hydrogen) atoms. The highest BCUT2D eigenvalue weighted by Gasteiger charge is 2.32. The maximum Gasteiger partial charge on any atom is 0.230 e. The van der Waals surface area contributed by atoms with Crippen LogP contribution in [0.2, 0.25) is 0 Å². The van der Waals surface area contributed by atoms with E-state index in [0.29, 0.717) is 12.6 Å². The van der Waals surface area contributed by atoms with E-state index in [-0.39, 0.29) is 18.1 Å². The predicted octanol–water partition coefficient (Wildman–Crippen LogP) is 2.47. The van der Waals surface area contributed by atoms with Crippen LogP contribution < -0.4 is 0 Å². The summed E-state index contributed by atoms with van der Waals surface area (Å²) in [7, 11) is 0. The number of aryl methyl sites for hydroxylation is 1. The van der Waals surface area contributed by atoms with Crippen molar-refractivity contribution in [2.24, 2.45) is 0 Å². The standard InChI is InChI=1S/C15H19NO2/c1-11-3-5-13(6-4-11)10-16(14-7-8-14)15(18)9-12(2)17/h3-6,14H,7-10H2,1-2H3. The highest BCUT2D eigenvalue weighted by Crippen LogP contribution is 2.29. The zero-order valence-corrected chi connectivity index (χ0v) is 11.0. The predicted molar refractivity (Wildman–Crippen MR) is 70.0 cm³/mol. The second-order valence-electron chi connectivity index (χ2n) is 5.12. The molecule has 1 aromatic carbocycles. The highest BCUT2D eigenvalue weighted by atomic mass is 16.2. The summed E-state index contributed by atoms with van der Waals surface area (Å²) in [5.41, 5.74) is 2.34. The third kappa shape index (κ3) is 3.42. The molecular formula is C15H19NO2. The zero-order valence-electron chi connectivity index (χ0n) is 11.0. The van der Waals surface area contributed by atoms with Crippen LogP contribution in [0, 0.1) is 6.92 Å². The van der Waals surface area contributed by atoms with Crippen LogP contribution in [-0.4, -0.2) is 22.6 Å². The minimum absolute atomic E-state index is 0.0301. The van der Waals surface area contributed by atoms with E-state index >= 15 is 0 Å². The average Bonchev–Trinajstić information content (AvgIpc) is 3.11. The molecule has 96 valence electrons. The second-order valence-corrected chi connectivity index (χ2v) is 5.12. The maximum atomic E-state index is 12.0. The zero-order chi connectivity index (χ0) is 13.1. The molecule has 1 amide bonds. The van der Waals surface area contributed by atoms with Crippen molar-refractivity contribution in [2.75, 3.05) is 0 Å². The molecule has 3 heteroatoms. The maximum absolute atomic E-state index is 12.0. The summed E-state index contributed by atoms with van der Waals surface area (Å²) < 4.78 is 0. The van der Waals surface area contributed by atoms with Crippen molar-refractivity contribution in [3.63, 3.8) is 0 Å². The van der Waals surface area contributed by atoms with E-state index in [9.17, 15) is 9.59 Å². The average molecular weight is 245 g/mol. The summed E-state index contributed by atoms with van der Waals surface area (Å²) in [6.45, 7) is 4.13. The number of amides is 1. The second kappa shape index (κ2) is 5.34. The first-order valence-electron chi connectivity index (χ1n) is 6.40. The molecular weight excluding hydrogens is 226 g/mol. The highest BCUT2D eigenvalue weighted by molar-refractivity contribution is 5.97. The summed E-state index contributed by atoms with van der Waals surface area (Å²) in [6, 6.07) is 8.54. The Labute approximate surface area is 108 Å². The number of rotatable bonds is 5. The molecule has 1 aliphatic rings. The molecule has 0 N–H and O–H groups in total. The van der Waals surface area contributed by atoms with Crippen LogP contribution >= 0.6 is 0 Å². The lowest BCUT2D eigenvalue weighted by atomic mass is 10.1. The molecule has 2 rings (SSSR count). The van der Waals surface area contributed by atoms with Gasteiger partial charge >= 0.3 is 0 Å². The van der Waals surface area contributed by atoms with E-state index in [1.807, 2.05) is 24.0 Å². The van der Waals surface area contributed by atoms with Crippen LogP contribution in [0.5, 0.6) is 0 Å². The molecule has 0 spiro atoms. The number of ketones is 1. The molecule has 1 aromatic rings. The number of hydrogen-bond acceptors (Lipinski definition) is 2. The first kappa shape index (κ1) is 12.8. The van der Waals surface area contributed by atoms with Crippen molar-refractivity contribution in [2.45, 2.75) is 45.7 Å². The SMILES string of the molecule is CC(=O)CC(=O)N(Cc1ccc(C)cc1)C1CC1. The van der Waals surface area contributed by atoms with Crippen molar-refractivity contribution in [3.05, 3.63) is 35.4 Å². The van der Waals surface area contributed by atoms with E-state index in [4.69, 9.17) is 0 Å². The lowest BCUT2D eigenvalue weighted by molar-refractivity contribution is -0.135. The first-order chi connectivity index (χ1) is 8.56. The summed E-state index contributed by atoms with van der Waals surface area (Å²) in [5.74, 6) is -0.0971. The monoisotopic (exact) mass is 245 g/mol. The Balaban J connectivity index is 2.04. The Morgan fingerprint density at radius 3 is 2.33 bits per heavy atom. The molecule has 1 fully saturated rings. The third-order valence-corrected chi connectivity index (χ3v) is 3.18. The van der Waals surface area contributed by atoms with Crippen LogP contribution in [-0.2, 0) is 16.1 Å². The summed E-state index contributed by atoms with van der Waals surface area (Å²) >= 11 is 0. The molecule has 0 aliphatic heterocycles. The van der Waals surface area contributed by atoms with Crippen molar-refractivity contribution in [1.82, 2.24) is 4.90 Å². The van der Waals surface area contributed by atoms with Gasteiger partial charge in [0, 0.05) is 12.6 Å². The lowest BCUT2D eigenvalue weighted by Crippen LogP contribution is -2.33. The van der Waals surface area contributed by atoms with Crippen molar-refractivity contribution < 1.29 is 9.59 Å². The number of carbonyl (C=O) groups excluding carboxylic acids is 2. The topological polar surface area (TPSA) is 37.4 Å². The van der Waals surface area contributed by atoms with E-state index in [1.165, 1.54) is 12.5 Å². The fourth-order valence-corrected chi connectivity index (χ4v) is 2.01.